The molecule has 9 nitrogen and oxygen atoms in total. The maximum Gasteiger partial charge on any atom is 0.175 e. The molecule has 0 aromatic heterocycles. The number of carbonyl (C=O) groups is 5. The number of benzene rings is 1. The summed E-state index contributed by atoms with van der Waals surface area (Å²) in [6.07, 6.45) is 0. The van der Waals surface area contributed by atoms with E-state index in [1.807, 2.05) is 27.7 Å². The fraction of sp³-hybridized carbons (Fsp3) is 0.659. The van der Waals surface area contributed by atoms with Gasteiger partial charge in [0.25, 0.3) is 0 Å². The molecule has 0 unspecified atom stereocenters. The van der Waals surface area contributed by atoms with Crippen LogP contribution in [0, 0.1) is 39.4 Å². The lowest BCUT2D eigenvalue weighted by Crippen LogP contribution is -2.53. The van der Waals surface area contributed by atoms with Gasteiger partial charge in [-0.05, 0) is 80.3 Å². The van der Waals surface area contributed by atoms with Gasteiger partial charge in [-0.1, -0.05) is 55.4 Å². The van der Waals surface area contributed by atoms with E-state index in [1.165, 1.54) is 0 Å². The zero-order chi connectivity index (χ0) is 40.1. The Morgan fingerprint density at radius 1 is 0.660 bits per heavy atom. The molecular formula is C44H61NO8. The number of Topliss-reactive ketones (excluding diaryl/α,β-unsaturated/α-hetero) is 5. The molecule has 9 heteroatoms. The van der Waals surface area contributed by atoms with E-state index < -0.39 is 39.4 Å². The summed E-state index contributed by atoms with van der Waals surface area (Å²) < 4.78 is 20.8. The van der Waals surface area contributed by atoms with Crippen LogP contribution in [-0.4, -0.2) is 60.1 Å². The molecule has 0 spiro atoms. The Morgan fingerprint density at radius 2 is 1.04 bits per heavy atom. The fourth-order valence-electron chi connectivity index (χ4n) is 9.27. The van der Waals surface area contributed by atoms with E-state index in [0.29, 0.717) is 34.6 Å². The lowest BCUT2D eigenvalue weighted by molar-refractivity contribution is -0.146. The van der Waals surface area contributed by atoms with Gasteiger partial charge in [0.15, 0.2) is 28.9 Å². The van der Waals surface area contributed by atoms with E-state index in [1.54, 1.807) is 69.2 Å². The number of hydrogen-bond acceptors (Lipinski definition) is 9. The SMILES string of the molecule is CCN(CC)CCOc1c2c(c(C(=O)C(C)C)c3c1[C@@H](C(C)C)C1=C(O3)C(C)(C)C(=O)C(C)(C)C1=O)OC1=C(C(=O)C(C)(C)C(=O)C1(C)C)[C@H]2C(C)C. The Bertz CT molecular complexity index is 1750. The summed E-state index contributed by atoms with van der Waals surface area (Å²) in [6.45, 7) is 32.2. The molecule has 2 heterocycles. The van der Waals surface area contributed by atoms with Crippen molar-refractivity contribution in [3.63, 3.8) is 0 Å². The van der Waals surface area contributed by atoms with E-state index in [0.717, 1.165) is 13.1 Å². The number of fused-ring (bicyclic) bond motifs is 2. The number of likely N-dealkylation sites (N-methyl/N-ethyl adjacent to an activating group) is 1. The highest BCUT2D eigenvalue weighted by molar-refractivity contribution is 6.21. The highest BCUT2D eigenvalue weighted by Crippen LogP contribution is 2.64. The molecular weight excluding hydrogens is 670 g/mol. The van der Waals surface area contributed by atoms with Crippen LogP contribution in [0.4, 0.5) is 0 Å². The predicted molar refractivity (Wildman–Crippen MR) is 205 cm³/mol. The molecule has 2 aliphatic heterocycles. The Morgan fingerprint density at radius 3 is 1.36 bits per heavy atom. The van der Waals surface area contributed by atoms with Crippen molar-refractivity contribution in [1.29, 1.82) is 0 Å². The monoisotopic (exact) mass is 731 g/mol. The van der Waals surface area contributed by atoms with Crippen molar-refractivity contribution in [3.8, 4) is 17.2 Å². The van der Waals surface area contributed by atoms with E-state index in [4.69, 9.17) is 14.2 Å². The number of rotatable bonds is 10. The first kappa shape index (κ1) is 40.6. The Labute approximate surface area is 316 Å². The van der Waals surface area contributed by atoms with Gasteiger partial charge in [-0.25, -0.2) is 0 Å². The van der Waals surface area contributed by atoms with Crippen LogP contribution in [0.25, 0.3) is 0 Å². The molecule has 2 aliphatic carbocycles. The molecule has 0 saturated heterocycles. The molecule has 0 bridgehead atoms. The van der Waals surface area contributed by atoms with Crippen molar-refractivity contribution in [1.82, 2.24) is 4.90 Å². The summed E-state index contributed by atoms with van der Waals surface area (Å²) in [7, 11) is 0. The molecule has 4 aliphatic rings. The summed E-state index contributed by atoms with van der Waals surface area (Å²) in [5.41, 5.74) is -2.88. The molecule has 5 rings (SSSR count). The standard InChI is InChI=1S/C44H61NO8/c1-17-45(18-2)19-20-51-32-26-24(21(3)4)28-35(47)41(9,10)39(49)43(13,14)37(28)52-33(26)30(31(46)23(7)8)34-27(32)25(22(5)6)29-36(48)42(11,12)40(50)44(15,16)38(29)53-34/h21-25H,17-20H2,1-16H3/t24-,25+. The smallest absolute Gasteiger partial charge is 0.175 e. The molecule has 290 valence electrons. The van der Waals surface area contributed by atoms with Gasteiger partial charge in [0.05, 0.1) is 21.7 Å². The zero-order valence-corrected chi connectivity index (χ0v) is 34.9. The minimum atomic E-state index is -1.31. The molecule has 0 amide bonds. The Hall–Kier alpha value is -3.59. The van der Waals surface area contributed by atoms with E-state index in [2.05, 4.69) is 18.7 Å². The van der Waals surface area contributed by atoms with Crippen molar-refractivity contribution in [3.05, 3.63) is 39.4 Å². The first-order chi connectivity index (χ1) is 24.3. The normalized spacial score (nSPS) is 23.9. The van der Waals surface area contributed by atoms with Gasteiger partial charge in [-0.15, -0.1) is 0 Å². The largest absolute Gasteiger partial charge is 0.491 e. The quantitative estimate of drug-likeness (QED) is 0.173. The highest BCUT2D eigenvalue weighted by atomic mass is 16.5. The van der Waals surface area contributed by atoms with Gasteiger partial charge >= 0.3 is 0 Å². The summed E-state index contributed by atoms with van der Waals surface area (Å²) in [5.74, 6) is -2.19. The van der Waals surface area contributed by atoms with Crippen LogP contribution < -0.4 is 14.2 Å². The maximum absolute atomic E-state index is 14.7. The van der Waals surface area contributed by atoms with E-state index in [9.17, 15) is 24.0 Å². The van der Waals surface area contributed by atoms with Crippen molar-refractivity contribution >= 4 is 28.9 Å². The van der Waals surface area contributed by atoms with Gasteiger partial charge in [-0.3, -0.25) is 24.0 Å². The van der Waals surface area contributed by atoms with Crippen LogP contribution in [0.1, 0.15) is 144 Å². The molecule has 0 saturated carbocycles. The molecule has 0 fully saturated rings. The number of nitrogens with zero attached hydrogens (tertiary/aromatic N) is 1. The summed E-state index contributed by atoms with van der Waals surface area (Å²) in [6, 6.07) is 0. The average Bonchev–Trinajstić information content (AvgIpc) is 3.08. The van der Waals surface area contributed by atoms with Crippen molar-refractivity contribution in [2.75, 3.05) is 26.2 Å². The van der Waals surface area contributed by atoms with E-state index >= 15 is 0 Å². The van der Waals surface area contributed by atoms with Crippen LogP contribution >= 0.6 is 0 Å². The van der Waals surface area contributed by atoms with Crippen LogP contribution in [0.2, 0.25) is 0 Å². The molecule has 0 N–H and O–H groups in total. The topological polar surface area (TPSA) is 116 Å². The first-order valence-corrected chi connectivity index (χ1v) is 19.5. The van der Waals surface area contributed by atoms with Crippen molar-refractivity contribution in [2.24, 2.45) is 39.4 Å². The zero-order valence-electron chi connectivity index (χ0n) is 34.9. The van der Waals surface area contributed by atoms with Crippen LogP contribution in [0.15, 0.2) is 22.7 Å². The Balaban J connectivity index is 1.99. The highest BCUT2D eigenvalue weighted by Gasteiger charge is 2.61. The van der Waals surface area contributed by atoms with Gasteiger partial charge in [0.2, 0.25) is 0 Å². The number of ketones is 5. The number of hydrogen-bond donors (Lipinski definition) is 0. The lowest BCUT2D eigenvalue weighted by Gasteiger charge is -2.48. The summed E-state index contributed by atoms with van der Waals surface area (Å²) >= 11 is 0. The summed E-state index contributed by atoms with van der Waals surface area (Å²) in [5, 5.41) is 0. The number of carbonyl (C=O) groups excluding carboxylic acids is 5. The second-order valence-corrected chi connectivity index (χ2v) is 18.5. The third-order valence-corrected chi connectivity index (χ3v) is 12.3. The third kappa shape index (κ3) is 5.77. The van der Waals surface area contributed by atoms with Gasteiger partial charge in [0, 0.05) is 46.6 Å². The van der Waals surface area contributed by atoms with Crippen molar-refractivity contribution < 1.29 is 38.2 Å². The molecule has 1 aromatic rings. The van der Waals surface area contributed by atoms with E-state index in [-0.39, 0.29) is 75.9 Å². The fourth-order valence-corrected chi connectivity index (χ4v) is 9.27. The van der Waals surface area contributed by atoms with Crippen LogP contribution in [-0.2, 0) is 19.2 Å². The van der Waals surface area contributed by atoms with Gasteiger partial charge < -0.3 is 19.1 Å². The minimum absolute atomic E-state index is 0.177. The first-order valence-electron chi connectivity index (χ1n) is 19.5. The minimum Gasteiger partial charge on any atom is -0.491 e. The second-order valence-electron chi connectivity index (χ2n) is 18.5. The average molecular weight is 732 g/mol. The Kier molecular flexibility index (Phi) is 10.2. The van der Waals surface area contributed by atoms with Crippen LogP contribution in [0.5, 0.6) is 17.2 Å². The molecule has 1 aromatic carbocycles. The number of allylic oxidation sites excluding steroid dienone is 4. The lowest BCUT2D eigenvalue weighted by atomic mass is 9.58. The molecule has 53 heavy (non-hydrogen) atoms. The molecule has 0 radical (unpaired) electrons. The predicted octanol–water partition coefficient (Wildman–Crippen LogP) is 8.43. The second kappa shape index (κ2) is 13.3. The third-order valence-electron chi connectivity index (χ3n) is 12.3. The maximum atomic E-state index is 14.7. The van der Waals surface area contributed by atoms with Crippen molar-refractivity contribution in [2.45, 2.75) is 123 Å². The van der Waals surface area contributed by atoms with Gasteiger partial charge in [-0.2, -0.15) is 0 Å². The molecule has 2 atom stereocenters. The summed E-state index contributed by atoms with van der Waals surface area (Å²) in [4.78, 5) is 74.3. The van der Waals surface area contributed by atoms with Gasteiger partial charge in [0.1, 0.15) is 40.9 Å². The number of ether oxygens (including phenoxy) is 3. The van der Waals surface area contributed by atoms with Crippen LogP contribution in [0.3, 0.4) is 0 Å².